The zero-order valence-corrected chi connectivity index (χ0v) is 12.1. The Kier molecular flexibility index (Phi) is 5.36. The third kappa shape index (κ3) is 3.96. The number of carbonyl (C=O) groups is 1. The van der Waals surface area contributed by atoms with Crippen molar-refractivity contribution >= 4 is 5.91 Å². The number of nitrogens with two attached hydrogens (primary N) is 1. The second kappa shape index (κ2) is 6.57. The van der Waals surface area contributed by atoms with Crippen molar-refractivity contribution in [1.29, 1.82) is 0 Å². The summed E-state index contributed by atoms with van der Waals surface area (Å²) in [4.78, 5) is 13.8. The van der Waals surface area contributed by atoms with Gasteiger partial charge in [0.15, 0.2) is 0 Å². The van der Waals surface area contributed by atoms with E-state index in [4.69, 9.17) is 5.73 Å². The van der Waals surface area contributed by atoms with E-state index in [0.717, 1.165) is 5.56 Å². The number of amides is 1. The third-order valence-electron chi connectivity index (χ3n) is 3.63. The lowest BCUT2D eigenvalue weighted by atomic mass is 10.0. The summed E-state index contributed by atoms with van der Waals surface area (Å²) < 4.78 is 0. The van der Waals surface area contributed by atoms with Crippen LogP contribution in [0, 0.1) is 5.92 Å². The first-order valence-corrected chi connectivity index (χ1v) is 6.63. The summed E-state index contributed by atoms with van der Waals surface area (Å²) in [5, 5.41) is 9.82. The fourth-order valence-corrected chi connectivity index (χ4v) is 1.85. The van der Waals surface area contributed by atoms with E-state index in [0.29, 0.717) is 6.42 Å². The SMILES string of the molecule is CC(C)C(N)CC(=O)N(C)C(C)c1ccccc1O. The summed E-state index contributed by atoms with van der Waals surface area (Å²) in [5.41, 5.74) is 6.67. The van der Waals surface area contributed by atoms with Crippen LogP contribution in [0.2, 0.25) is 0 Å². The zero-order valence-electron chi connectivity index (χ0n) is 12.1. The normalized spacial score (nSPS) is 14.2. The largest absolute Gasteiger partial charge is 0.508 e. The molecule has 2 unspecified atom stereocenters. The van der Waals surface area contributed by atoms with E-state index in [9.17, 15) is 9.90 Å². The molecule has 0 aliphatic carbocycles. The molecule has 0 radical (unpaired) electrons. The Morgan fingerprint density at radius 3 is 2.42 bits per heavy atom. The van der Waals surface area contributed by atoms with Crippen LogP contribution >= 0.6 is 0 Å². The molecule has 0 saturated carbocycles. The molecule has 0 aromatic heterocycles. The summed E-state index contributed by atoms with van der Waals surface area (Å²) in [7, 11) is 1.74. The number of hydrogen-bond acceptors (Lipinski definition) is 3. The highest BCUT2D eigenvalue weighted by Crippen LogP contribution is 2.27. The highest BCUT2D eigenvalue weighted by atomic mass is 16.3. The molecule has 0 fully saturated rings. The lowest BCUT2D eigenvalue weighted by molar-refractivity contribution is -0.132. The molecule has 0 saturated heterocycles. The summed E-state index contributed by atoms with van der Waals surface area (Å²) in [6.45, 7) is 5.91. The number of carbonyl (C=O) groups excluding carboxylic acids is 1. The molecule has 1 aromatic rings. The number of phenolic OH excluding ortho intramolecular Hbond substituents is 1. The van der Waals surface area contributed by atoms with E-state index >= 15 is 0 Å². The van der Waals surface area contributed by atoms with Crippen LogP contribution in [0.5, 0.6) is 5.75 Å². The number of rotatable bonds is 5. The van der Waals surface area contributed by atoms with Gasteiger partial charge in [-0.25, -0.2) is 0 Å². The second-order valence-corrected chi connectivity index (χ2v) is 5.35. The van der Waals surface area contributed by atoms with Crippen LogP contribution in [0.4, 0.5) is 0 Å². The van der Waals surface area contributed by atoms with Gasteiger partial charge < -0.3 is 15.7 Å². The van der Waals surface area contributed by atoms with Crippen LogP contribution in [0.25, 0.3) is 0 Å². The first-order chi connectivity index (χ1) is 8.84. The Morgan fingerprint density at radius 2 is 1.89 bits per heavy atom. The first-order valence-electron chi connectivity index (χ1n) is 6.63. The van der Waals surface area contributed by atoms with Crippen LogP contribution < -0.4 is 5.73 Å². The number of aromatic hydroxyl groups is 1. The minimum absolute atomic E-state index is 0.00282. The van der Waals surface area contributed by atoms with Crippen molar-refractivity contribution in [3.63, 3.8) is 0 Å². The van der Waals surface area contributed by atoms with Gasteiger partial charge >= 0.3 is 0 Å². The third-order valence-corrected chi connectivity index (χ3v) is 3.63. The van der Waals surface area contributed by atoms with Crippen molar-refractivity contribution in [2.24, 2.45) is 11.7 Å². The predicted octanol–water partition coefficient (Wildman–Crippen LogP) is 2.29. The van der Waals surface area contributed by atoms with Crippen LogP contribution in [0.15, 0.2) is 24.3 Å². The van der Waals surface area contributed by atoms with Gasteiger partial charge in [-0.2, -0.15) is 0 Å². The molecule has 1 aromatic carbocycles. The minimum Gasteiger partial charge on any atom is -0.508 e. The van der Waals surface area contributed by atoms with E-state index in [1.807, 2.05) is 32.9 Å². The van der Waals surface area contributed by atoms with Crippen LogP contribution in [0.3, 0.4) is 0 Å². The highest BCUT2D eigenvalue weighted by molar-refractivity contribution is 5.77. The van der Waals surface area contributed by atoms with Crippen molar-refractivity contribution in [1.82, 2.24) is 4.90 Å². The van der Waals surface area contributed by atoms with Crippen molar-refractivity contribution in [2.75, 3.05) is 7.05 Å². The van der Waals surface area contributed by atoms with Crippen LogP contribution in [0.1, 0.15) is 38.8 Å². The number of hydrogen-bond donors (Lipinski definition) is 2. The Morgan fingerprint density at radius 1 is 1.32 bits per heavy atom. The Labute approximate surface area is 115 Å². The second-order valence-electron chi connectivity index (χ2n) is 5.35. The molecule has 0 spiro atoms. The molecule has 2 atom stereocenters. The molecule has 0 bridgehead atoms. The fraction of sp³-hybridized carbons (Fsp3) is 0.533. The minimum atomic E-state index is -0.173. The van der Waals surface area contributed by atoms with E-state index in [-0.39, 0.29) is 29.7 Å². The van der Waals surface area contributed by atoms with Gasteiger partial charge in [0.05, 0.1) is 6.04 Å². The molecule has 0 aliphatic heterocycles. The number of phenols is 1. The molecule has 0 heterocycles. The average molecular weight is 264 g/mol. The Balaban J connectivity index is 2.75. The molecule has 1 rings (SSSR count). The van der Waals surface area contributed by atoms with Gasteiger partial charge in [0, 0.05) is 25.1 Å². The molecule has 3 N–H and O–H groups in total. The van der Waals surface area contributed by atoms with Crippen molar-refractivity contribution in [2.45, 2.75) is 39.3 Å². The smallest absolute Gasteiger partial charge is 0.224 e. The van der Waals surface area contributed by atoms with Crippen LogP contribution in [-0.2, 0) is 4.79 Å². The van der Waals surface area contributed by atoms with Crippen LogP contribution in [-0.4, -0.2) is 29.0 Å². The van der Waals surface area contributed by atoms with Gasteiger partial charge in [0.1, 0.15) is 5.75 Å². The predicted molar refractivity (Wildman–Crippen MR) is 76.7 cm³/mol. The van der Waals surface area contributed by atoms with Crippen molar-refractivity contribution in [3.8, 4) is 5.75 Å². The van der Waals surface area contributed by atoms with E-state index in [1.54, 1.807) is 24.1 Å². The lowest BCUT2D eigenvalue weighted by Crippen LogP contribution is -2.37. The molecular formula is C15H24N2O2. The van der Waals surface area contributed by atoms with Gasteiger partial charge in [-0.15, -0.1) is 0 Å². The monoisotopic (exact) mass is 264 g/mol. The summed E-state index contributed by atoms with van der Waals surface area (Å²) in [6, 6.07) is 6.77. The topological polar surface area (TPSA) is 66.6 Å². The summed E-state index contributed by atoms with van der Waals surface area (Å²) in [6.07, 6.45) is 0.325. The highest BCUT2D eigenvalue weighted by Gasteiger charge is 2.22. The van der Waals surface area contributed by atoms with Gasteiger partial charge in [-0.05, 0) is 18.9 Å². The quantitative estimate of drug-likeness (QED) is 0.857. The molecule has 1 amide bonds. The standard InChI is InChI=1S/C15H24N2O2/c1-10(2)13(16)9-15(19)17(4)11(3)12-7-5-6-8-14(12)18/h5-8,10-11,13,18H,9,16H2,1-4H3. The summed E-state index contributed by atoms with van der Waals surface area (Å²) in [5.74, 6) is 0.484. The molecule has 4 heteroatoms. The zero-order chi connectivity index (χ0) is 14.6. The first kappa shape index (κ1) is 15.5. The Hall–Kier alpha value is -1.55. The Bertz CT molecular complexity index is 432. The van der Waals surface area contributed by atoms with E-state index in [1.165, 1.54) is 0 Å². The van der Waals surface area contributed by atoms with E-state index in [2.05, 4.69) is 0 Å². The van der Waals surface area contributed by atoms with Gasteiger partial charge in [-0.1, -0.05) is 32.0 Å². The van der Waals surface area contributed by atoms with Gasteiger partial charge in [0.25, 0.3) is 0 Å². The van der Waals surface area contributed by atoms with E-state index < -0.39 is 0 Å². The molecule has 4 nitrogen and oxygen atoms in total. The van der Waals surface area contributed by atoms with Gasteiger partial charge in [-0.3, -0.25) is 4.79 Å². The average Bonchev–Trinajstić information content (AvgIpc) is 2.37. The number of nitrogens with zero attached hydrogens (tertiary/aromatic N) is 1. The maximum absolute atomic E-state index is 12.1. The van der Waals surface area contributed by atoms with Crippen molar-refractivity contribution < 1.29 is 9.90 Å². The summed E-state index contributed by atoms with van der Waals surface area (Å²) >= 11 is 0. The maximum Gasteiger partial charge on any atom is 0.224 e. The van der Waals surface area contributed by atoms with Crippen molar-refractivity contribution in [3.05, 3.63) is 29.8 Å². The number of para-hydroxylation sites is 1. The van der Waals surface area contributed by atoms with Gasteiger partial charge in [0.2, 0.25) is 5.91 Å². The molecular weight excluding hydrogens is 240 g/mol. The molecule has 0 aliphatic rings. The molecule has 19 heavy (non-hydrogen) atoms. The maximum atomic E-state index is 12.1. The lowest BCUT2D eigenvalue weighted by Gasteiger charge is -2.27. The number of benzene rings is 1. The fourth-order valence-electron chi connectivity index (χ4n) is 1.85. The molecule has 106 valence electrons.